The Bertz CT molecular complexity index is 429. The first-order valence-electron chi connectivity index (χ1n) is 4.26. The molecule has 1 aromatic rings. The van der Waals surface area contributed by atoms with Crippen LogP contribution in [0.15, 0.2) is 18.2 Å². The maximum Gasteiger partial charge on any atom is 0.356 e. The lowest BCUT2D eigenvalue weighted by atomic mass is 10.3. The van der Waals surface area contributed by atoms with Crippen LogP contribution < -0.4 is 0 Å². The number of methoxy groups -OCH3 is 1. The highest BCUT2D eigenvalue weighted by Crippen LogP contribution is 1.99. The minimum Gasteiger partial charge on any atom is -0.464 e. The van der Waals surface area contributed by atoms with E-state index in [4.69, 9.17) is 0 Å². The van der Waals surface area contributed by atoms with Crippen LogP contribution in [0.4, 0.5) is 0 Å². The number of pyridine rings is 1. The van der Waals surface area contributed by atoms with Gasteiger partial charge in [-0.05, 0) is 18.1 Å². The molecule has 0 spiro atoms. The molecule has 0 aliphatic rings. The molecule has 0 aromatic carbocycles. The zero-order chi connectivity index (χ0) is 11.1. The van der Waals surface area contributed by atoms with Gasteiger partial charge in [0.25, 0.3) is 0 Å². The van der Waals surface area contributed by atoms with E-state index in [-0.39, 0.29) is 12.1 Å². The molecule has 0 saturated heterocycles. The van der Waals surface area contributed by atoms with E-state index in [9.17, 15) is 9.59 Å². The van der Waals surface area contributed by atoms with Crippen molar-refractivity contribution < 1.29 is 14.3 Å². The van der Waals surface area contributed by atoms with Gasteiger partial charge in [0.1, 0.15) is 17.7 Å². The first kappa shape index (κ1) is 10.9. The molecule has 4 heteroatoms. The predicted octanol–water partition coefficient (Wildman–Crippen LogP) is 0.809. The third-order valence-corrected chi connectivity index (χ3v) is 1.55. The van der Waals surface area contributed by atoms with Gasteiger partial charge in [-0.2, -0.15) is 0 Å². The molecule has 15 heavy (non-hydrogen) atoms. The monoisotopic (exact) mass is 203 g/mol. The average Bonchev–Trinajstić information content (AvgIpc) is 2.29. The molecule has 0 N–H and O–H groups in total. The summed E-state index contributed by atoms with van der Waals surface area (Å²) in [5.74, 6) is 4.76. The molecule has 0 atom stereocenters. The number of ether oxygens (including phenoxy) is 1. The van der Waals surface area contributed by atoms with Gasteiger partial charge in [0.2, 0.25) is 0 Å². The van der Waals surface area contributed by atoms with Crippen LogP contribution in [0.1, 0.15) is 22.6 Å². The zero-order valence-electron chi connectivity index (χ0n) is 8.19. The number of hydrogen-bond acceptors (Lipinski definition) is 4. The molecule has 0 fully saturated rings. The number of esters is 1. The fourth-order valence-electron chi connectivity index (χ4n) is 0.906. The number of aromatic nitrogens is 1. The summed E-state index contributed by atoms with van der Waals surface area (Å²) in [6.45, 7) is 0. The minimum atomic E-state index is -0.506. The van der Waals surface area contributed by atoms with Crippen LogP contribution in [0, 0.1) is 11.8 Å². The molecule has 76 valence electrons. The Balaban J connectivity index is 2.89. The highest BCUT2D eigenvalue weighted by molar-refractivity contribution is 5.87. The van der Waals surface area contributed by atoms with Crippen molar-refractivity contribution in [3.8, 4) is 11.8 Å². The number of aldehydes is 1. The van der Waals surface area contributed by atoms with E-state index >= 15 is 0 Å². The summed E-state index contributed by atoms with van der Waals surface area (Å²) in [4.78, 5) is 25.1. The normalized spacial score (nSPS) is 8.60. The third kappa shape index (κ3) is 3.24. The highest BCUT2D eigenvalue weighted by Gasteiger charge is 2.05. The smallest absolute Gasteiger partial charge is 0.356 e. The van der Waals surface area contributed by atoms with Gasteiger partial charge in [-0.1, -0.05) is 12.0 Å². The Labute approximate surface area is 87.3 Å². The van der Waals surface area contributed by atoms with Crippen molar-refractivity contribution in [1.29, 1.82) is 0 Å². The van der Waals surface area contributed by atoms with Gasteiger partial charge < -0.3 is 9.53 Å². The van der Waals surface area contributed by atoms with Crippen molar-refractivity contribution in [1.82, 2.24) is 4.98 Å². The Kier molecular flexibility index (Phi) is 4.05. The van der Waals surface area contributed by atoms with Crippen molar-refractivity contribution >= 4 is 12.3 Å². The lowest BCUT2D eigenvalue weighted by Gasteiger charge is -1.97. The summed E-state index contributed by atoms with van der Waals surface area (Å²) >= 11 is 0. The third-order valence-electron chi connectivity index (χ3n) is 1.55. The Morgan fingerprint density at radius 2 is 2.40 bits per heavy atom. The van der Waals surface area contributed by atoms with Gasteiger partial charge in [-0.15, -0.1) is 0 Å². The molecule has 0 unspecified atom stereocenters. The molecule has 0 saturated carbocycles. The molecular weight excluding hydrogens is 194 g/mol. The zero-order valence-corrected chi connectivity index (χ0v) is 8.19. The van der Waals surface area contributed by atoms with Crippen LogP contribution >= 0.6 is 0 Å². The number of carbonyl (C=O) groups is 2. The first-order valence-corrected chi connectivity index (χ1v) is 4.26. The van der Waals surface area contributed by atoms with Gasteiger partial charge in [0.05, 0.1) is 13.5 Å². The van der Waals surface area contributed by atoms with E-state index in [1.54, 1.807) is 12.1 Å². The van der Waals surface area contributed by atoms with E-state index in [1.165, 1.54) is 13.2 Å². The summed E-state index contributed by atoms with van der Waals surface area (Å²) in [5.41, 5.74) is 0.648. The largest absolute Gasteiger partial charge is 0.464 e. The van der Waals surface area contributed by atoms with Gasteiger partial charge in [-0.25, -0.2) is 9.78 Å². The van der Waals surface area contributed by atoms with Crippen LogP contribution in [0.25, 0.3) is 0 Å². The summed E-state index contributed by atoms with van der Waals surface area (Å²) in [6, 6.07) is 4.85. The summed E-state index contributed by atoms with van der Waals surface area (Å²) in [6.07, 6.45) is 0.862. The molecule has 4 nitrogen and oxygen atoms in total. The van der Waals surface area contributed by atoms with Crippen molar-refractivity contribution in [3.05, 3.63) is 29.6 Å². The fourth-order valence-corrected chi connectivity index (χ4v) is 0.906. The van der Waals surface area contributed by atoms with Crippen molar-refractivity contribution in [2.75, 3.05) is 7.11 Å². The van der Waals surface area contributed by atoms with Crippen LogP contribution in [-0.4, -0.2) is 24.3 Å². The van der Waals surface area contributed by atoms with Gasteiger partial charge in [0, 0.05) is 0 Å². The van der Waals surface area contributed by atoms with Crippen LogP contribution in [0.2, 0.25) is 0 Å². The molecule has 1 aromatic heterocycles. The molecule has 0 bridgehead atoms. The van der Waals surface area contributed by atoms with Crippen LogP contribution in [-0.2, 0) is 9.53 Å². The quantitative estimate of drug-likeness (QED) is 0.405. The second-order valence-corrected chi connectivity index (χ2v) is 2.57. The van der Waals surface area contributed by atoms with E-state index in [2.05, 4.69) is 21.6 Å². The average molecular weight is 203 g/mol. The number of nitrogens with zero attached hydrogens (tertiary/aromatic N) is 1. The van der Waals surface area contributed by atoms with E-state index in [0.717, 1.165) is 0 Å². The summed E-state index contributed by atoms with van der Waals surface area (Å²) < 4.78 is 4.51. The summed E-state index contributed by atoms with van der Waals surface area (Å²) in [7, 11) is 1.29. The van der Waals surface area contributed by atoms with Gasteiger partial charge in [0.15, 0.2) is 0 Å². The molecule has 0 aliphatic heterocycles. The predicted molar refractivity (Wildman–Crippen MR) is 53.1 cm³/mol. The fraction of sp³-hybridized carbons (Fsp3) is 0.182. The maximum atomic E-state index is 11.1. The second-order valence-electron chi connectivity index (χ2n) is 2.57. The van der Waals surface area contributed by atoms with E-state index in [0.29, 0.717) is 12.0 Å². The van der Waals surface area contributed by atoms with Crippen molar-refractivity contribution in [3.63, 3.8) is 0 Å². The Morgan fingerprint density at radius 3 is 3.07 bits per heavy atom. The Hall–Kier alpha value is -2.15. The molecule has 1 heterocycles. The lowest BCUT2D eigenvalue weighted by Crippen LogP contribution is -2.04. The second kappa shape index (κ2) is 5.55. The topological polar surface area (TPSA) is 56.3 Å². The minimum absolute atomic E-state index is 0.157. The molecule has 1 rings (SSSR count). The van der Waals surface area contributed by atoms with Crippen LogP contribution in [0.5, 0.6) is 0 Å². The lowest BCUT2D eigenvalue weighted by molar-refractivity contribution is -0.107. The number of carbonyl (C=O) groups excluding carboxylic acids is 2. The number of rotatable bonds is 2. The Morgan fingerprint density at radius 1 is 1.60 bits per heavy atom. The molecular formula is C11H9NO3. The summed E-state index contributed by atoms with van der Waals surface area (Å²) in [5, 5.41) is 0. The molecule has 0 amide bonds. The SMILES string of the molecule is COC(=O)c1cccc(C#CCC=O)n1. The van der Waals surface area contributed by atoms with E-state index in [1.807, 2.05) is 0 Å². The highest BCUT2D eigenvalue weighted by atomic mass is 16.5. The first-order chi connectivity index (χ1) is 7.27. The maximum absolute atomic E-state index is 11.1. The van der Waals surface area contributed by atoms with E-state index < -0.39 is 5.97 Å². The number of hydrogen-bond donors (Lipinski definition) is 0. The van der Waals surface area contributed by atoms with Crippen LogP contribution in [0.3, 0.4) is 0 Å². The van der Waals surface area contributed by atoms with Gasteiger partial charge >= 0.3 is 5.97 Å². The molecule has 0 radical (unpaired) electrons. The standard InChI is InChI=1S/C11H9NO3/c1-15-11(14)10-7-4-6-9(12-10)5-2-3-8-13/h4,6-8H,3H2,1H3. The van der Waals surface area contributed by atoms with Crippen molar-refractivity contribution in [2.24, 2.45) is 0 Å². The van der Waals surface area contributed by atoms with Gasteiger partial charge in [-0.3, -0.25) is 0 Å². The van der Waals surface area contributed by atoms with Crippen molar-refractivity contribution in [2.45, 2.75) is 6.42 Å². The molecule has 0 aliphatic carbocycles.